The van der Waals surface area contributed by atoms with Crippen LogP contribution in [0.3, 0.4) is 0 Å². The average molecular weight is 274 g/mol. The molecule has 2 aromatic rings. The van der Waals surface area contributed by atoms with Crippen molar-refractivity contribution in [1.29, 1.82) is 0 Å². The molecular weight excluding hydrogens is 263 g/mol. The van der Waals surface area contributed by atoms with Crippen molar-refractivity contribution in [3.05, 3.63) is 54.2 Å². The second-order valence-corrected chi connectivity index (χ2v) is 4.40. The molecule has 0 aliphatic carbocycles. The molecule has 1 aromatic carbocycles. The topological polar surface area (TPSA) is 53.8 Å². The normalized spacial score (nSPS) is 15.2. The molecule has 0 radical (unpaired) electrons. The number of hydrogen-bond donors (Lipinski definition) is 0. The first-order chi connectivity index (χ1) is 9.66. The molecule has 102 valence electrons. The molecule has 0 bridgehead atoms. The minimum atomic E-state index is -0.603. The van der Waals surface area contributed by atoms with E-state index in [1.54, 1.807) is 18.2 Å². The van der Waals surface area contributed by atoms with Crippen LogP contribution in [0, 0.1) is 5.82 Å². The first kappa shape index (κ1) is 12.4. The standard InChI is InChI=1S/C14H11FN2O3/c15-11-5-1-2-6-12(11)17-13(18)9-16(14(17)19)8-10-4-3-7-20-10/h1-7H,8-9H2. The second kappa shape index (κ2) is 4.80. The highest BCUT2D eigenvalue weighted by molar-refractivity contribution is 6.19. The first-order valence-electron chi connectivity index (χ1n) is 6.05. The van der Waals surface area contributed by atoms with Gasteiger partial charge in [0.15, 0.2) is 0 Å². The van der Waals surface area contributed by atoms with Crippen LogP contribution in [-0.4, -0.2) is 23.4 Å². The fraction of sp³-hybridized carbons (Fsp3) is 0.143. The molecule has 0 atom stereocenters. The number of urea groups is 1. The SMILES string of the molecule is O=C1CN(Cc2ccco2)C(=O)N1c1ccccc1F. The molecule has 0 unspecified atom stereocenters. The third kappa shape index (κ3) is 2.05. The molecule has 1 aliphatic rings. The van der Waals surface area contributed by atoms with E-state index in [1.165, 1.54) is 29.4 Å². The Morgan fingerprint density at radius 2 is 1.95 bits per heavy atom. The molecular formula is C14H11FN2O3. The second-order valence-electron chi connectivity index (χ2n) is 4.40. The number of anilines is 1. The first-order valence-corrected chi connectivity index (χ1v) is 6.05. The number of para-hydroxylation sites is 1. The van der Waals surface area contributed by atoms with E-state index in [1.807, 2.05) is 0 Å². The number of amides is 3. The van der Waals surface area contributed by atoms with Gasteiger partial charge in [-0.1, -0.05) is 12.1 Å². The average Bonchev–Trinajstić information content (AvgIpc) is 3.01. The maximum atomic E-state index is 13.7. The summed E-state index contributed by atoms with van der Waals surface area (Å²) in [7, 11) is 0. The monoisotopic (exact) mass is 274 g/mol. The van der Waals surface area contributed by atoms with Crippen LogP contribution in [0.15, 0.2) is 47.1 Å². The summed E-state index contributed by atoms with van der Waals surface area (Å²) in [6.45, 7) is 0.0936. The molecule has 1 saturated heterocycles. The van der Waals surface area contributed by atoms with Gasteiger partial charge in [-0.05, 0) is 24.3 Å². The summed E-state index contributed by atoms with van der Waals surface area (Å²) in [5.41, 5.74) is -0.0237. The molecule has 1 aliphatic heterocycles. The molecule has 0 N–H and O–H groups in total. The van der Waals surface area contributed by atoms with Crippen LogP contribution in [0.2, 0.25) is 0 Å². The predicted octanol–water partition coefficient (Wildman–Crippen LogP) is 2.39. The van der Waals surface area contributed by atoms with Crippen LogP contribution in [0.25, 0.3) is 0 Å². The molecule has 20 heavy (non-hydrogen) atoms. The number of nitrogens with zero attached hydrogens (tertiary/aromatic N) is 2. The van der Waals surface area contributed by atoms with Gasteiger partial charge in [0.2, 0.25) is 0 Å². The van der Waals surface area contributed by atoms with Gasteiger partial charge in [-0.25, -0.2) is 14.1 Å². The highest BCUT2D eigenvalue weighted by Gasteiger charge is 2.38. The minimum Gasteiger partial charge on any atom is -0.467 e. The molecule has 5 nitrogen and oxygen atoms in total. The molecule has 6 heteroatoms. The number of carbonyl (C=O) groups is 2. The fourth-order valence-corrected chi connectivity index (χ4v) is 2.13. The summed E-state index contributed by atoms with van der Waals surface area (Å²) in [5.74, 6) is -0.484. The third-order valence-electron chi connectivity index (χ3n) is 3.06. The number of rotatable bonds is 3. The molecule has 1 aromatic heterocycles. The predicted molar refractivity (Wildman–Crippen MR) is 68.4 cm³/mol. The number of imide groups is 1. The quantitative estimate of drug-likeness (QED) is 0.807. The summed E-state index contributed by atoms with van der Waals surface area (Å²) < 4.78 is 18.9. The lowest BCUT2D eigenvalue weighted by Crippen LogP contribution is -2.33. The number of benzene rings is 1. The Balaban J connectivity index is 1.86. The van der Waals surface area contributed by atoms with Gasteiger partial charge in [0, 0.05) is 0 Å². The van der Waals surface area contributed by atoms with E-state index < -0.39 is 17.8 Å². The number of furan rings is 1. The van der Waals surface area contributed by atoms with Gasteiger partial charge >= 0.3 is 6.03 Å². The highest BCUT2D eigenvalue weighted by atomic mass is 19.1. The van der Waals surface area contributed by atoms with Crippen LogP contribution in [0.4, 0.5) is 14.9 Å². The zero-order chi connectivity index (χ0) is 14.1. The van der Waals surface area contributed by atoms with Crippen molar-refractivity contribution in [2.75, 3.05) is 11.4 Å². The lowest BCUT2D eigenvalue weighted by molar-refractivity contribution is -0.116. The number of hydrogen-bond acceptors (Lipinski definition) is 3. The van der Waals surface area contributed by atoms with Crippen LogP contribution < -0.4 is 4.90 Å². The van der Waals surface area contributed by atoms with E-state index >= 15 is 0 Å². The number of carbonyl (C=O) groups excluding carboxylic acids is 2. The third-order valence-corrected chi connectivity index (χ3v) is 3.06. The van der Waals surface area contributed by atoms with Crippen molar-refractivity contribution in [2.24, 2.45) is 0 Å². The smallest absolute Gasteiger partial charge is 0.332 e. The van der Waals surface area contributed by atoms with Crippen LogP contribution in [0.1, 0.15) is 5.76 Å². The van der Waals surface area contributed by atoms with E-state index in [2.05, 4.69) is 0 Å². The van der Waals surface area contributed by atoms with Crippen molar-refractivity contribution in [2.45, 2.75) is 6.54 Å². The molecule has 0 spiro atoms. The van der Waals surface area contributed by atoms with E-state index in [9.17, 15) is 14.0 Å². The van der Waals surface area contributed by atoms with Crippen molar-refractivity contribution in [1.82, 2.24) is 4.90 Å². The maximum absolute atomic E-state index is 13.7. The Labute approximate surface area is 114 Å². The van der Waals surface area contributed by atoms with Gasteiger partial charge in [0.05, 0.1) is 18.5 Å². The Morgan fingerprint density at radius 1 is 1.15 bits per heavy atom. The van der Waals surface area contributed by atoms with Gasteiger partial charge in [0.1, 0.15) is 18.1 Å². The molecule has 3 amide bonds. The lowest BCUT2D eigenvalue weighted by atomic mass is 10.3. The summed E-state index contributed by atoms with van der Waals surface area (Å²) in [5, 5.41) is 0. The van der Waals surface area contributed by atoms with E-state index in [0.717, 1.165) is 4.90 Å². The largest absolute Gasteiger partial charge is 0.467 e. The maximum Gasteiger partial charge on any atom is 0.332 e. The van der Waals surface area contributed by atoms with E-state index in [-0.39, 0.29) is 18.8 Å². The van der Waals surface area contributed by atoms with Crippen LogP contribution >= 0.6 is 0 Å². The Morgan fingerprint density at radius 3 is 2.65 bits per heavy atom. The van der Waals surface area contributed by atoms with E-state index in [4.69, 9.17) is 4.42 Å². The lowest BCUT2D eigenvalue weighted by Gasteiger charge is -2.16. The van der Waals surface area contributed by atoms with Gasteiger partial charge < -0.3 is 9.32 Å². The van der Waals surface area contributed by atoms with Gasteiger partial charge in [-0.3, -0.25) is 4.79 Å². The van der Waals surface area contributed by atoms with E-state index in [0.29, 0.717) is 5.76 Å². The Kier molecular flexibility index (Phi) is 2.98. The summed E-state index contributed by atoms with van der Waals surface area (Å²) >= 11 is 0. The molecule has 1 fully saturated rings. The van der Waals surface area contributed by atoms with Crippen molar-refractivity contribution < 1.29 is 18.4 Å². The Hall–Kier alpha value is -2.63. The minimum absolute atomic E-state index is 0.0237. The van der Waals surface area contributed by atoms with Gasteiger partial charge in [-0.15, -0.1) is 0 Å². The molecule has 2 heterocycles. The highest BCUT2D eigenvalue weighted by Crippen LogP contribution is 2.25. The molecule has 0 saturated carbocycles. The van der Waals surface area contributed by atoms with Crippen LogP contribution in [-0.2, 0) is 11.3 Å². The van der Waals surface area contributed by atoms with Gasteiger partial charge in [0.25, 0.3) is 5.91 Å². The number of halogens is 1. The zero-order valence-corrected chi connectivity index (χ0v) is 10.5. The summed E-state index contributed by atoms with van der Waals surface area (Å²) in [6.07, 6.45) is 1.49. The van der Waals surface area contributed by atoms with Crippen molar-refractivity contribution in [3.8, 4) is 0 Å². The zero-order valence-electron chi connectivity index (χ0n) is 10.5. The van der Waals surface area contributed by atoms with Crippen LogP contribution in [0.5, 0.6) is 0 Å². The Bertz CT molecular complexity index is 654. The summed E-state index contributed by atoms with van der Waals surface area (Å²) in [6, 6.07) is 8.57. The van der Waals surface area contributed by atoms with Crippen molar-refractivity contribution >= 4 is 17.6 Å². The fourth-order valence-electron chi connectivity index (χ4n) is 2.13. The molecule has 3 rings (SSSR count). The van der Waals surface area contributed by atoms with Crippen molar-refractivity contribution in [3.63, 3.8) is 0 Å². The van der Waals surface area contributed by atoms with Gasteiger partial charge in [-0.2, -0.15) is 0 Å². The summed E-state index contributed by atoms with van der Waals surface area (Å²) in [4.78, 5) is 26.3.